The minimum Gasteiger partial charge on any atom is -0.326 e. The average Bonchev–Trinajstić information content (AvgIpc) is 2.43. The van der Waals surface area contributed by atoms with Crippen LogP contribution in [0.15, 0.2) is 42.5 Å². The van der Waals surface area contributed by atoms with E-state index in [0.29, 0.717) is 16.4 Å². The van der Waals surface area contributed by atoms with Gasteiger partial charge in [-0.05, 0) is 42.3 Å². The van der Waals surface area contributed by atoms with E-state index in [0.717, 1.165) is 11.1 Å². The molecule has 5 heteroatoms. The quantitative estimate of drug-likeness (QED) is 0.901. The zero-order valence-electron chi connectivity index (χ0n) is 12.4. The first kappa shape index (κ1) is 16.0. The molecule has 0 fully saturated rings. The lowest BCUT2D eigenvalue weighted by molar-refractivity contribution is -0.116. The summed E-state index contributed by atoms with van der Waals surface area (Å²) in [5.74, 6) is -0.266. The monoisotopic (exact) mass is 316 g/mol. The van der Waals surface area contributed by atoms with Crippen LogP contribution in [0.4, 0.5) is 11.4 Å². The molecule has 0 aliphatic carbocycles. The zero-order valence-corrected chi connectivity index (χ0v) is 13.2. The van der Waals surface area contributed by atoms with E-state index in [2.05, 4.69) is 10.6 Å². The molecule has 0 spiro atoms. The minimum atomic E-state index is -0.141. The van der Waals surface area contributed by atoms with Crippen molar-refractivity contribution in [1.82, 2.24) is 0 Å². The van der Waals surface area contributed by atoms with Gasteiger partial charge < -0.3 is 10.6 Å². The van der Waals surface area contributed by atoms with Gasteiger partial charge in [0.2, 0.25) is 11.8 Å². The van der Waals surface area contributed by atoms with E-state index < -0.39 is 0 Å². The second-order valence-electron chi connectivity index (χ2n) is 5.09. The highest BCUT2D eigenvalue weighted by molar-refractivity contribution is 6.33. The van der Waals surface area contributed by atoms with Crippen molar-refractivity contribution in [2.45, 2.75) is 20.3 Å². The van der Waals surface area contributed by atoms with Crippen LogP contribution in [-0.4, -0.2) is 11.8 Å². The molecule has 0 aromatic heterocycles. The lowest BCUT2D eigenvalue weighted by Gasteiger charge is -2.08. The molecule has 2 aromatic carbocycles. The Hall–Kier alpha value is -2.33. The van der Waals surface area contributed by atoms with Crippen LogP contribution in [0.25, 0.3) is 0 Å². The maximum atomic E-state index is 12.0. The highest BCUT2D eigenvalue weighted by atomic mass is 35.5. The van der Waals surface area contributed by atoms with Crippen molar-refractivity contribution in [3.8, 4) is 0 Å². The predicted molar refractivity (Wildman–Crippen MR) is 89.3 cm³/mol. The van der Waals surface area contributed by atoms with E-state index in [-0.39, 0.29) is 18.2 Å². The van der Waals surface area contributed by atoms with Gasteiger partial charge in [-0.15, -0.1) is 0 Å². The van der Waals surface area contributed by atoms with Crippen LogP contribution in [0, 0.1) is 6.92 Å². The van der Waals surface area contributed by atoms with E-state index in [1.807, 2.05) is 25.1 Å². The van der Waals surface area contributed by atoms with Crippen LogP contribution >= 0.6 is 11.6 Å². The topological polar surface area (TPSA) is 58.2 Å². The summed E-state index contributed by atoms with van der Waals surface area (Å²) in [4.78, 5) is 23.0. The Kier molecular flexibility index (Phi) is 5.17. The fourth-order valence-electron chi connectivity index (χ4n) is 2.01. The number of halogens is 1. The Morgan fingerprint density at radius 1 is 1.05 bits per heavy atom. The fraction of sp³-hybridized carbons (Fsp3) is 0.176. The van der Waals surface area contributed by atoms with Gasteiger partial charge in [-0.3, -0.25) is 9.59 Å². The number of anilines is 2. The Morgan fingerprint density at radius 2 is 1.73 bits per heavy atom. The number of benzene rings is 2. The summed E-state index contributed by atoms with van der Waals surface area (Å²) in [5, 5.41) is 6.00. The molecule has 0 bridgehead atoms. The molecule has 0 saturated heterocycles. The highest BCUT2D eigenvalue weighted by Gasteiger charge is 2.07. The zero-order chi connectivity index (χ0) is 16.1. The van der Waals surface area contributed by atoms with Gasteiger partial charge in [0, 0.05) is 12.6 Å². The largest absolute Gasteiger partial charge is 0.326 e. The molecule has 2 rings (SSSR count). The summed E-state index contributed by atoms with van der Waals surface area (Å²) in [6, 6.07) is 12.6. The molecular formula is C17H17ClN2O2. The number of aryl methyl sites for hydroxylation is 1. The fourth-order valence-corrected chi connectivity index (χ4v) is 2.29. The van der Waals surface area contributed by atoms with E-state index in [1.54, 1.807) is 24.3 Å². The van der Waals surface area contributed by atoms with Gasteiger partial charge >= 0.3 is 0 Å². The highest BCUT2D eigenvalue weighted by Crippen LogP contribution is 2.23. The van der Waals surface area contributed by atoms with Gasteiger partial charge in [-0.1, -0.05) is 29.8 Å². The number of carbonyl (C=O) groups excluding carboxylic acids is 2. The van der Waals surface area contributed by atoms with Crippen molar-refractivity contribution < 1.29 is 9.59 Å². The van der Waals surface area contributed by atoms with Crippen LogP contribution in [0.5, 0.6) is 0 Å². The standard InChI is InChI=1S/C17H17ClN2O2/c1-11-3-8-16(15(18)9-11)20-17(22)10-13-4-6-14(7-5-13)19-12(2)21/h3-9H,10H2,1-2H3,(H,19,21)(H,20,22). The summed E-state index contributed by atoms with van der Waals surface area (Å²) >= 11 is 6.09. The molecule has 0 saturated carbocycles. The molecule has 0 unspecified atom stereocenters. The third-order valence-electron chi connectivity index (χ3n) is 3.04. The molecule has 0 aliphatic rings. The van der Waals surface area contributed by atoms with Crippen molar-refractivity contribution in [2.75, 3.05) is 10.6 Å². The molecule has 2 aromatic rings. The third-order valence-corrected chi connectivity index (χ3v) is 3.35. The average molecular weight is 317 g/mol. The lowest BCUT2D eigenvalue weighted by Crippen LogP contribution is -2.14. The van der Waals surface area contributed by atoms with Gasteiger partial charge in [0.25, 0.3) is 0 Å². The van der Waals surface area contributed by atoms with Gasteiger partial charge in [0.05, 0.1) is 17.1 Å². The van der Waals surface area contributed by atoms with E-state index in [9.17, 15) is 9.59 Å². The van der Waals surface area contributed by atoms with Crippen LogP contribution in [0.3, 0.4) is 0 Å². The number of hydrogen-bond acceptors (Lipinski definition) is 2. The van der Waals surface area contributed by atoms with Crippen LogP contribution in [-0.2, 0) is 16.0 Å². The maximum absolute atomic E-state index is 12.0. The predicted octanol–water partition coefficient (Wildman–Crippen LogP) is 3.79. The summed E-state index contributed by atoms with van der Waals surface area (Å²) in [6.07, 6.45) is 0.241. The minimum absolute atomic E-state index is 0.125. The third kappa shape index (κ3) is 4.60. The van der Waals surface area contributed by atoms with Crippen LogP contribution in [0.1, 0.15) is 18.1 Å². The Morgan fingerprint density at radius 3 is 2.32 bits per heavy atom. The number of carbonyl (C=O) groups is 2. The van der Waals surface area contributed by atoms with E-state index >= 15 is 0 Å². The Labute approximate surface area is 134 Å². The first-order valence-corrected chi connectivity index (χ1v) is 7.24. The second kappa shape index (κ2) is 7.09. The van der Waals surface area contributed by atoms with Gasteiger partial charge in [0.15, 0.2) is 0 Å². The smallest absolute Gasteiger partial charge is 0.228 e. The van der Waals surface area contributed by atoms with E-state index in [4.69, 9.17) is 11.6 Å². The summed E-state index contributed by atoms with van der Waals surface area (Å²) in [5.41, 5.74) is 3.21. The summed E-state index contributed by atoms with van der Waals surface area (Å²) < 4.78 is 0. The molecule has 2 amide bonds. The molecule has 4 nitrogen and oxygen atoms in total. The Bertz CT molecular complexity index is 696. The molecule has 0 aliphatic heterocycles. The first-order valence-electron chi connectivity index (χ1n) is 6.86. The van der Waals surface area contributed by atoms with Crippen molar-refractivity contribution >= 4 is 34.8 Å². The van der Waals surface area contributed by atoms with Crippen molar-refractivity contribution in [3.05, 3.63) is 58.6 Å². The molecule has 0 heterocycles. The molecule has 0 radical (unpaired) electrons. The van der Waals surface area contributed by atoms with Gasteiger partial charge in [-0.2, -0.15) is 0 Å². The Balaban J connectivity index is 1.98. The first-order chi connectivity index (χ1) is 10.4. The molecule has 22 heavy (non-hydrogen) atoms. The number of nitrogens with one attached hydrogen (secondary N) is 2. The maximum Gasteiger partial charge on any atom is 0.228 e. The lowest BCUT2D eigenvalue weighted by atomic mass is 10.1. The number of amides is 2. The van der Waals surface area contributed by atoms with Gasteiger partial charge in [0.1, 0.15) is 0 Å². The van der Waals surface area contributed by atoms with Crippen LogP contribution in [0.2, 0.25) is 5.02 Å². The summed E-state index contributed by atoms with van der Waals surface area (Å²) in [7, 11) is 0. The summed E-state index contributed by atoms with van der Waals surface area (Å²) in [6.45, 7) is 3.39. The van der Waals surface area contributed by atoms with Crippen molar-refractivity contribution in [1.29, 1.82) is 0 Å². The number of rotatable bonds is 4. The number of hydrogen-bond donors (Lipinski definition) is 2. The molecular weight excluding hydrogens is 300 g/mol. The molecule has 114 valence electrons. The van der Waals surface area contributed by atoms with Crippen molar-refractivity contribution in [3.63, 3.8) is 0 Å². The van der Waals surface area contributed by atoms with Gasteiger partial charge in [-0.25, -0.2) is 0 Å². The SMILES string of the molecule is CC(=O)Nc1ccc(CC(=O)Nc2ccc(C)cc2Cl)cc1. The molecule has 0 atom stereocenters. The molecule has 2 N–H and O–H groups in total. The van der Waals surface area contributed by atoms with Crippen molar-refractivity contribution in [2.24, 2.45) is 0 Å². The van der Waals surface area contributed by atoms with Crippen LogP contribution < -0.4 is 10.6 Å². The second-order valence-corrected chi connectivity index (χ2v) is 5.49. The van der Waals surface area contributed by atoms with E-state index in [1.165, 1.54) is 6.92 Å². The normalized spacial score (nSPS) is 10.1.